The predicted molar refractivity (Wildman–Crippen MR) is 131 cm³/mol. The van der Waals surface area contributed by atoms with E-state index in [1.165, 1.54) is 21.9 Å². The summed E-state index contributed by atoms with van der Waals surface area (Å²) in [5.74, 6) is -0.0642. The molecule has 0 bridgehead atoms. The maximum absolute atomic E-state index is 12.3. The van der Waals surface area contributed by atoms with E-state index in [1.54, 1.807) is 31.3 Å². The number of hydrogen-bond donors (Lipinski definition) is 2. The fourth-order valence-corrected chi connectivity index (χ4v) is 4.79. The van der Waals surface area contributed by atoms with Gasteiger partial charge in [-0.3, -0.25) is 14.7 Å². The van der Waals surface area contributed by atoms with E-state index in [0.717, 1.165) is 5.56 Å². The number of rotatable bonds is 11. The summed E-state index contributed by atoms with van der Waals surface area (Å²) < 4.78 is 29.9. The second-order valence-electron chi connectivity index (χ2n) is 7.86. The van der Waals surface area contributed by atoms with Crippen LogP contribution in [0.1, 0.15) is 11.1 Å². The van der Waals surface area contributed by atoms with E-state index in [4.69, 9.17) is 16.3 Å². The zero-order valence-corrected chi connectivity index (χ0v) is 20.8. The van der Waals surface area contributed by atoms with Crippen LogP contribution in [-0.2, 0) is 25.9 Å². The van der Waals surface area contributed by atoms with Crippen molar-refractivity contribution in [2.24, 2.45) is 4.99 Å². The number of sulfone groups is 1. The van der Waals surface area contributed by atoms with E-state index in [-0.39, 0.29) is 36.4 Å². The van der Waals surface area contributed by atoms with E-state index in [9.17, 15) is 23.1 Å². The Kier molecular flexibility index (Phi) is 9.21. The minimum Gasteiger partial charge on any atom is -0.465 e. The summed E-state index contributed by atoms with van der Waals surface area (Å²) in [5.41, 5.74) is 1.58. The molecule has 3 rings (SSSR count). The molecule has 2 aromatic rings. The Balaban J connectivity index is 1.37. The fourth-order valence-electron chi connectivity index (χ4n) is 3.37. The zero-order chi connectivity index (χ0) is 25.4. The van der Waals surface area contributed by atoms with Gasteiger partial charge in [0.25, 0.3) is 0 Å². The summed E-state index contributed by atoms with van der Waals surface area (Å²) in [4.78, 5) is 30.7. The first kappa shape index (κ1) is 26.6. The third-order valence-corrected chi connectivity index (χ3v) is 7.02. The van der Waals surface area contributed by atoms with Gasteiger partial charge in [-0.25, -0.2) is 13.2 Å². The summed E-state index contributed by atoms with van der Waals surface area (Å²) in [7, 11) is -1.86. The van der Waals surface area contributed by atoms with Gasteiger partial charge in [0.1, 0.15) is 18.3 Å². The van der Waals surface area contributed by atoms with Gasteiger partial charge in [-0.1, -0.05) is 41.9 Å². The maximum Gasteiger partial charge on any atom is 0.413 e. The number of hydrogen-bond acceptors (Lipinski definition) is 7. The second-order valence-corrected chi connectivity index (χ2v) is 10.3. The number of amidine groups is 1. The summed E-state index contributed by atoms with van der Waals surface area (Å²) in [5, 5.41) is 12.4. The van der Waals surface area contributed by atoms with Crippen molar-refractivity contribution in [3.63, 3.8) is 0 Å². The average Bonchev–Trinajstić information content (AvgIpc) is 3.32. The number of halogens is 1. The standard InChI is InChI=1S/C23H27ClN4O6S/c1-27(14-17-5-7-18(8-6-17)22-26-9-11-28(22)23(30)31)21(29)15-34-12-10-25-16-35(32,33)20-4-2-3-19(24)13-20/h2-8,13,25H,9-12,14-16H2,1H3,(H,30,31). The smallest absolute Gasteiger partial charge is 0.413 e. The summed E-state index contributed by atoms with van der Waals surface area (Å²) in [6, 6.07) is 13.3. The topological polar surface area (TPSA) is 129 Å². The van der Waals surface area contributed by atoms with Gasteiger partial charge in [0.05, 0.1) is 24.6 Å². The largest absolute Gasteiger partial charge is 0.465 e. The molecule has 0 aromatic heterocycles. The number of carbonyl (C=O) groups is 2. The molecule has 1 aliphatic heterocycles. The molecule has 2 N–H and O–H groups in total. The Labute approximate surface area is 209 Å². The summed E-state index contributed by atoms with van der Waals surface area (Å²) in [6.07, 6.45) is -1.03. The number of ether oxygens (including phenoxy) is 1. The predicted octanol–water partition coefficient (Wildman–Crippen LogP) is 2.08. The lowest BCUT2D eigenvalue weighted by molar-refractivity contribution is -0.135. The van der Waals surface area contributed by atoms with E-state index in [0.29, 0.717) is 36.1 Å². The van der Waals surface area contributed by atoms with Crippen LogP contribution in [0.5, 0.6) is 0 Å². The fraction of sp³-hybridized carbons (Fsp3) is 0.348. The van der Waals surface area contributed by atoms with Crippen molar-refractivity contribution in [1.82, 2.24) is 15.1 Å². The lowest BCUT2D eigenvalue weighted by Crippen LogP contribution is -2.33. The molecule has 2 aromatic carbocycles. The molecular weight excluding hydrogens is 496 g/mol. The third-order valence-electron chi connectivity index (χ3n) is 5.23. The SMILES string of the molecule is CN(Cc1ccc(C2=NCCN2C(=O)O)cc1)C(=O)COCCNCS(=O)(=O)c1cccc(Cl)c1. The van der Waals surface area contributed by atoms with Crippen LogP contribution in [-0.4, -0.2) is 86.9 Å². The van der Waals surface area contributed by atoms with Crippen LogP contribution in [0.15, 0.2) is 58.4 Å². The molecule has 35 heavy (non-hydrogen) atoms. The Morgan fingerprint density at radius 2 is 1.97 bits per heavy atom. The first-order valence-electron chi connectivity index (χ1n) is 10.8. The molecule has 0 aliphatic carbocycles. The van der Waals surface area contributed by atoms with E-state index >= 15 is 0 Å². The van der Waals surface area contributed by atoms with Crippen molar-refractivity contribution in [2.75, 3.05) is 45.8 Å². The zero-order valence-electron chi connectivity index (χ0n) is 19.2. The molecule has 10 nitrogen and oxygen atoms in total. The highest BCUT2D eigenvalue weighted by atomic mass is 35.5. The number of nitrogens with zero attached hydrogens (tertiary/aromatic N) is 3. The molecule has 0 saturated carbocycles. The molecule has 12 heteroatoms. The Morgan fingerprint density at radius 3 is 2.66 bits per heavy atom. The molecule has 1 heterocycles. The van der Waals surface area contributed by atoms with Crippen molar-refractivity contribution in [1.29, 1.82) is 0 Å². The molecule has 0 radical (unpaired) electrons. The summed E-state index contributed by atoms with van der Waals surface area (Å²) >= 11 is 5.84. The number of amides is 2. The molecule has 0 atom stereocenters. The average molecular weight is 523 g/mol. The van der Waals surface area contributed by atoms with Crippen molar-refractivity contribution >= 4 is 39.3 Å². The lowest BCUT2D eigenvalue weighted by atomic mass is 10.1. The van der Waals surface area contributed by atoms with Gasteiger partial charge in [-0.15, -0.1) is 0 Å². The molecule has 0 fully saturated rings. The highest BCUT2D eigenvalue weighted by molar-refractivity contribution is 7.91. The van der Waals surface area contributed by atoms with Crippen molar-refractivity contribution < 1.29 is 27.9 Å². The lowest BCUT2D eigenvalue weighted by Gasteiger charge is -2.18. The van der Waals surface area contributed by atoms with Crippen LogP contribution in [0.2, 0.25) is 5.02 Å². The van der Waals surface area contributed by atoms with Gasteiger partial charge < -0.3 is 20.1 Å². The molecule has 0 saturated heterocycles. The normalized spacial score (nSPS) is 13.5. The van der Waals surface area contributed by atoms with E-state index in [1.807, 2.05) is 12.1 Å². The monoisotopic (exact) mass is 522 g/mol. The highest BCUT2D eigenvalue weighted by Gasteiger charge is 2.24. The quantitative estimate of drug-likeness (QED) is 0.432. The minimum atomic E-state index is -3.52. The number of nitrogens with one attached hydrogen (secondary N) is 1. The van der Waals surface area contributed by atoms with Crippen LogP contribution >= 0.6 is 11.6 Å². The van der Waals surface area contributed by atoms with Crippen LogP contribution in [0.25, 0.3) is 0 Å². The summed E-state index contributed by atoms with van der Waals surface area (Å²) in [6.45, 7) is 1.43. The molecule has 0 unspecified atom stereocenters. The van der Waals surface area contributed by atoms with Crippen LogP contribution < -0.4 is 5.32 Å². The first-order chi connectivity index (χ1) is 16.7. The highest BCUT2D eigenvalue weighted by Crippen LogP contribution is 2.16. The Morgan fingerprint density at radius 1 is 1.23 bits per heavy atom. The van der Waals surface area contributed by atoms with Gasteiger partial charge >= 0.3 is 6.09 Å². The van der Waals surface area contributed by atoms with Crippen molar-refractivity contribution in [3.8, 4) is 0 Å². The van der Waals surface area contributed by atoms with Gasteiger partial charge in [-0.2, -0.15) is 0 Å². The van der Waals surface area contributed by atoms with Gasteiger partial charge in [0, 0.05) is 30.7 Å². The Hall–Kier alpha value is -2.99. The third kappa shape index (κ3) is 7.49. The van der Waals surface area contributed by atoms with E-state index in [2.05, 4.69) is 10.3 Å². The molecule has 0 spiro atoms. The van der Waals surface area contributed by atoms with Gasteiger partial charge in [0.2, 0.25) is 5.91 Å². The minimum absolute atomic E-state index is 0.137. The maximum atomic E-state index is 12.3. The number of carbonyl (C=O) groups excluding carboxylic acids is 1. The van der Waals surface area contributed by atoms with E-state index < -0.39 is 15.9 Å². The van der Waals surface area contributed by atoms with Crippen molar-refractivity contribution in [3.05, 3.63) is 64.7 Å². The van der Waals surface area contributed by atoms with Gasteiger partial charge in [-0.05, 0) is 23.8 Å². The van der Waals surface area contributed by atoms with Crippen LogP contribution in [0, 0.1) is 0 Å². The molecule has 2 amide bonds. The first-order valence-corrected chi connectivity index (χ1v) is 12.9. The molecule has 188 valence electrons. The Bertz CT molecular complexity index is 1190. The molecule has 1 aliphatic rings. The number of likely N-dealkylation sites (N-methyl/N-ethyl adjacent to an activating group) is 1. The van der Waals surface area contributed by atoms with Crippen molar-refractivity contribution in [2.45, 2.75) is 11.4 Å². The van der Waals surface area contributed by atoms with Gasteiger partial charge in [0.15, 0.2) is 9.84 Å². The second kappa shape index (κ2) is 12.1. The number of benzene rings is 2. The number of carboxylic acid groups (broad SMARTS) is 1. The van der Waals surface area contributed by atoms with Crippen LogP contribution in [0.3, 0.4) is 0 Å². The number of aliphatic imine (C=N–C) groups is 1. The van der Waals surface area contributed by atoms with Crippen LogP contribution in [0.4, 0.5) is 4.79 Å². The molecular formula is C23H27ClN4O6S.